The summed E-state index contributed by atoms with van der Waals surface area (Å²) in [6, 6.07) is 16.2. The van der Waals surface area contributed by atoms with Crippen LogP contribution in [-0.4, -0.2) is 58.0 Å². The number of nitrogens with zero attached hydrogens (tertiary/aromatic N) is 2. The van der Waals surface area contributed by atoms with Crippen molar-refractivity contribution in [2.75, 3.05) is 49.6 Å². The van der Waals surface area contributed by atoms with E-state index in [4.69, 9.17) is 4.74 Å². The lowest BCUT2D eigenvalue weighted by Gasteiger charge is -2.31. The number of morpholine rings is 1. The van der Waals surface area contributed by atoms with Crippen molar-refractivity contribution in [3.05, 3.63) is 54.6 Å². The smallest absolute Gasteiger partial charge is 0.243 e. The molecule has 0 spiro atoms. The predicted octanol–water partition coefficient (Wildman–Crippen LogP) is 2.56. The molecule has 1 amide bonds. The summed E-state index contributed by atoms with van der Waals surface area (Å²) in [7, 11) is -3.58. The van der Waals surface area contributed by atoms with E-state index >= 15 is 0 Å². The minimum absolute atomic E-state index is 0.137. The van der Waals surface area contributed by atoms with Gasteiger partial charge in [-0.15, -0.1) is 0 Å². The van der Waals surface area contributed by atoms with Gasteiger partial charge in [-0.2, -0.15) is 4.31 Å². The Labute approximate surface area is 177 Å². The normalized spacial score (nSPS) is 20.7. The second-order valence-electron chi connectivity index (χ2n) is 7.65. The minimum atomic E-state index is -3.58. The average Bonchev–Trinajstić information content (AvgIpc) is 2.81. The number of carbonyl (C=O) groups is 1. The highest BCUT2D eigenvalue weighted by Gasteiger charge is 2.33. The first-order valence-electron chi connectivity index (χ1n) is 10.3. The fourth-order valence-corrected chi connectivity index (χ4v) is 5.48. The number of piperidine rings is 1. The summed E-state index contributed by atoms with van der Waals surface area (Å²) in [6.45, 7) is 3.81. The molecule has 2 aliphatic rings. The third kappa shape index (κ3) is 4.66. The van der Waals surface area contributed by atoms with Crippen LogP contribution in [0.3, 0.4) is 0 Å². The van der Waals surface area contributed by atoms with E-state index in [1.54, 1.807) is 30.3 Å². The second kappa shape index (κ2) is 9.16. The van der Waals surface area contributed by atoms with Crippen LogP contribution in [0.15, 0.2) is 59.5 Å². The molecule has 0 bridgehead atoms. The van der Waals surface area contributed by atoms with Gasteiger partial charge in [-0.1, -0.05) is 18.2 Å². The van der Waals surface area contributed by atoms with Gasteiger partial charge in [0.25, 0.3) is 0 Å². The summed E-state index contributed by atoms with van der Waals surface area (Å²) < 4.78 is 32.6. The number of rotatable bonds is 5. The maximum absolute atomic E-state index is 12.9. The fraction of sp³-hybridized carbons (Fsp3) is 0.409. The molecule has 1 atom stereocenters. The molecule has 7 nitrogen and oxygen atoms in total. The highest BCUT2D eigenvalue weighted by atomic mass is 32.2. The van der Waals surface area contributed by atoms with Crippen LogP contribution < -0.4 is 10.2 Å². The molecule has 0 aliphatic carbocycles. The molecule has 2 aliphatic heterocycles. The Bertz CT molecular complexity index is 958. The summed E-state index contributed by atoms with van der Waals surface area (Å²) in [6.07, 6.45) is 1.35. The van der Waals surface area contributed by atoms with Gasteiger partial charge in [-0.05, 0) is 49.2 Å². The quantitative estimate of drug-likeness (QED) is 0.790. The van der Waals surface area contributed by atoms with E-state index in [2.05, 4.69) is 10.2 Å². The Morgan fingerprint density at radius 2 is 1.67 bits per heavy atom. The third-order valence-electron chi connectivity index (χ3n) is 5.65. The van der Waals surface area contributed by atoms with Crippen LogP contribution in [0.2, 0.25) is 0 Å². The topological polar surface area (TPSA) is 79.0 Å². The lowest BCUT2D eigenvalue weighted by Crippen LogP contribution is -2.43. The molecule has 8 heteroatoms. The van der Waals surface area contributed by atoms with E-state index in [0.717, 1.165) is 37.7 Å². The first-order chi connectivity index (χ1) is 14.5. The fourth-order valence-electron chi connectivity index (χ4n) is 3.94. The SMILES string of the molecule is O=C(Nc1ccc(N2CCOCC2)cc1)[C@@H]1CCCN(S(=O)(=O)c2ccccc2)C1. The Morgan fingerprint density at radius 3 is 2.37 bits per heavy atom. The Kier molecular flexibility index (Phi) is 6.36. The van der Waals surface area contributed by atoms with Crippen LogP contribution in [0.1, 0.15) is 12.8 Å². The number of hydrogen-bond donors (Lipinski definition) is 1. The van der Waals surface area contributed by atoms with Crippen LogP contribution in [0.5, 0.6) is 0 Å². The summed E-state index contributed by atoms with van der Waals surface area (Å²) in [5.41, 5.74) is 1.83. The number of anilines is 2. The maximum atomic E-state index is 12.9. The zero-order valence-corrected chi connectivity index (χ0v) is 17.7. The van der Waals surface area contributed by atoms with E-state index < -0.39 is 10.0 Å². The number of nitrogens with one attached hydrogen (secondary N) is 1. The summed E-state index contributed by atoms with van der Waals surface area (Å²) in [5.74, 6) is -0.502. The van der Waals surface area contributed by atoms with Gasteiger partial charge in [0.1, 0.15) is 0 Å². The van der Waals surface area contributed by atoms with Crippen molar-refractivity contribution in [3.8, 4) is 0 Å². The Balaban J connectivity index is 1.38. The largest absolute Gasteiger partial charge is 0.378 e. The highest BCUT2D eigenvalue weighted by Crippen LogP contribution is 2.25. The molecule has 2 saturated heterocycles. The number of hydrogen-bond acceptors (Lipinski definition) is 5. The lowest BCUT2D eigenvalue weighted by molar-refractivity contribution is -0.120. The van der Waals surface area contributed by atoms with Crippen LogP contribution >= 0.6 is 0 Å². The molecule has 2 heterocycles. The van der Waals surface area contributed by atoms with E-state index in [-0.39, 0.29) is 23.3 Å². The number of ether oxygens (including phenoxy) is 1. The molecule has 2 aromatic rings. The molecule has 1 N–H and O–H groups in total. The van der Waals surface area contributed by atoms with Crippen LogP contribution in [0.4, 0.5) is 11.4 Å². The van der Waals surface area contributed by atoms with E-state index in [0.29, 0.717) is 19.4 Å². The van der Waals surface area contributed by atoms with E-state index in [1.165, 1.54) is 4.31 Å². The molecular formula is C22H27N3O4S. The van der Waals surface area contributed by atoms with Crippen molar-refractivity contribution in [3.63, 3.8) is 0 Å². The summed E-state index contributed by atoms with van der Waals surface area (Å²) in [4.78, 5) is 15.3. The van der Waals surface area contributed by atoms with Crippen molar-refractivity contribution in [2.24, 2.45) is 5.92 Å². The lowest BCUT2D eigenvalue weighted by atomic mass is 9.98. The van der Waals surface area contributed by atoms with Crippen molar-refractivity contribution in [1.82, 2.24) is 4.31 Å². The van der Waals surface area contributed by atoms with Gasteiger partial charge in [0, 0.05) is 37.6 Å². The van der Waals surface area contributed by atoms with Gasteiger partial charge >= 0.3 is 0 Å². The Morgan fingerprint density at radius 1 is 0.967 bits per heavy atom. The first kappa shape index (κ1) is 20.8. The average molecular weight is 430 g/mol. The molecule has 0 saturated carbocycles. The molecular weight excluding hydrogens is 402 g/mol. The van der Waals surface area contributed by atoms with Crippen LogP contribution in [-0.2, 0) is 19.6 Å². The van der Waals surface area contributed by atoms with Gasteiger partial charge in [0.15, 0.2) is 0 Å². The molecule has 4 rings (SSSR count). The molecule has 0 unspecified atom stereocenters. The molecule has 2 fully saturated rings. The van der Waals surface area contributed by atoms with Crippen LogP contribution in [0.25, 0.3) is 0 Å². The molecule has 2 aromatic carbocycles. The second-order valence-corrected chi connectivity index (χ2v) is 9.59. The number of amides is 1. The van der Waals surface area contributed by atoms with Gasteiger partial charge in [-0.3, -0.25) is 4.79 Å². The van der Waals surface area contributed by atoms with Crippen molar-refractivity contribution in [2.45, 2.75) is 17.7 Å². The van der Waals surface area contributed by atoms with Crippen molar-refractivity contribution < 1.29 is 17.9 Å². The molecule has 160 valence electrons. The maximum Gasteiger partial charge on any atom is 0.243 e. The molecule has 0 aromatic heterocycles. The van der Waals surface area contributed by atoms with Crippen molar-refractivity contribution >= 4 is 27.3 Å². The first-order valence-corrected chi connectivity index (χ1v) is 11.8. The zero-order chi connectivity index (χ0) is 21.0. The molecule has 0 radical (unpaired) electrons. The highest BCUT2D eigenvalue weighted by molar-refractivity contribution is 7.89. The van der Waals surface area contributed by atoms with Gasteiger partial charge < -0.3 is 15.0 Å². The summed E-state index contributed by atoms with van der Waals surface area (Å²) in [5, 5.41) is 2.95. The number of carbonyl (C=O) groups excluding carboxylic acids is 1. The van der Waals surface area contributed by atoms with Gasteiger partial charge in [0.05, 0.1) is 24.0 Å². The van der Waals surface area contributed by atoms with E-state index in [9.17, 15) is 13.2 Å². The monoisotopic (exact) mass is 429 g/mol. The van der Waals surface area contributed by atoms with Crippen molar-refractivity contribution in [1.29, 1.82) is 0 Å². The number of benzene rings is 2. The zero-order valence-electron chi connectivity index (χ0n) is 16.9. The molecule has 30 heavy (non-hydrogen) atoms. The minimum Gasteiger partial charge on any atom is -0.378 e. The van der Waals surface area contributed by atoms with Crippen LogP contribution in [0, 0.1) is 5.92 Å². The Hall–Kier alpha value is -2.42. The predicted molar refractivity (Wildman–Crippen MR) is 116 cm³/mol. The standard InChI is InChI=1S/C22H27N3O4S/c26-22(23-19-8-10-20(11-9-19)24-13-15-29-16-14-24)18-5-4-12-25(17-18)30(27,28)21-6-2-1-3-7-21/h1-3,6-11,18H,4-5,12-17H2,(H,23,26)/t18-/m1/s1. The van der Waals surface area contributed by atoms with Gasteiger partial charge in [-0.25, -0.2) is 8.42 Å². The third-order valence-corrected chi connectivity index (χ3v) is 7.53. The van der Waals surface area contributed by atoms with E-state index in [1.807, 2.05) is 24.3 Å². The summed E-state index contributed by atoms with van der Waals surface area (Å²) >= 11 is 0. The van der Waals surface area contributed by atoms with Gasteiger partial charge in [0.2, 0.25) is 15.9 Å². The number of sulfonamides is 1.